The van der Waals surface area contributed by atoms with E-state index in [2.05, 4.69) is 0 Å². The Balaban J connectivity index is 2.08. The summed E-state index contributed by atoms with van der Waals surface area (Å²) >= 11 is 5.80. The number of nitrogen functional groups attached to an aromatic ring is 1. The Hall–Kier alpha value is -1.74. The van der Waals surface area contributed by atoms with Gasteiger partial charge in [-0.3, -0.25) is 0 Å². The van der Waals surface area contributed by atoms with Crippen LogP contribution in [-0.2, 0) is 6.61 Å². The number of anilines is 1. The van der Waals surface area contributed by atoms with E-state index in [1.54, 1.807) is 36.4 Å². The highest BCUT2D eigenvalue weighted by molar-refractivity contribution is 6.33. The molecule has 0 aliphatic carbocycles. The molecule has 4 heteroatoms. The van der Waals surface area contributed by atoms with Crippen molar-refractivity contribution in [3.05, 3.63) is 58.9 Å². The number of ether oxygens (including phenoxy) is 1. The van der Waals surface area contributed by atoms with Gasteiger partial charge in [0, 0.05) is 0 Å². The second-order valence-electron chi connectivity index (χ2n) is 3.57. The molecule has 0 saturated carbocycles. The lowest BCUT2D eigenvalue weighted by Crippen LogP contribution is -1.98. The molecule has 2 nitrogen and oxygen atoms in total. The van der Waals surface area contributed by atoms with Crippen LogP contribution >= 0.6 is 11.6 Å². The Morgan fingerprint density at radius 1 is 1.18 bits per heavy atom. The molecule has 88 valence electrons. The van der Waals surface area contributed by atoms with Gasteiger partial charge in [-0.15, -0.1) is 0 Å². The van der Waals surface area contributed by atoms with E-state index in [1.165, 1.54) is 6.07 Å². The molecule has 0 unspecified atom stereocenters. The number of para-hydroxylation sites is 1. The van der Waals surface area contributed by atoms with Crippen LogP contribution in [0.4, 0.5) is 10.1 Å². The van der Waals surface area contributed by atoms with Gasteiger partial charge in [0.15, 0.2) is 11.6 Å². The molecule has 0 fully saturated rings. The first kappa shape index (κ1) is 11.7. The molecular formula is C13H11ClFNO. The summed E-state index contributed by atoms with van der Waals surface area (Å²) < 4.78 is 18.6. The van der Waals surface area contributed by atoms with E-state index in [4.69, 9.17) is 22.1 Å². The lowest BCUT2D eigenvalue weighted by molar-refractivity contribution is 0.290. The third-order valence-corrected chi connectivity index (χ3v) is 2.64. The lowest BCUT2D eigenvalue weighted by Gasteiger charge is -2.08. The van der Waals surface area contributed by atoms with Crippen molar-refractivity contribution in [2.75, 3.05) is 5.73 Å². The van der Waals surface area contributed by atoms with Gasteiger partial charge in [0.25, 0.3) is 0 Å². The van der Waals surface area contributed by atoms with E-state index < -0.39 is 0 Å². The predicted molar refractivity (Wildman–Crippen MR) is 66.6 cm³/mol. The van der Waals surface area contributed by atoms with Crippen molar-refractivity contribution in [2.45, 2.75) is 6.61 Å². The lowest BCUT2D eigenvalue weighted by atomic mass is 10.2. The maximum atomic E-state index is 13.3. The van der Waals surface area contributed by atoms with Crippen LogP contribution in [0.3, 0.4) is 0 Å². The van der Waals surface area contributed by atoms with Gasteiger partial charge in [-0.05, 0) is 29.8 Å². The number of hydrogen-bond acceptors (Lipinski definition) is 2. The van der Waals surface area contributed by atoms with Crippen LogP contribution in [0, 0.1) is 5.82 Å². The molecule has 0 heterocycles. The maximum Gasteiger partial charge on any atom is 0.165 e. The van der Waals surface area contributed by atoms with Gasteiger partial charge in [-0.2, -0.15) is 0 Å². The third-order valence-electron chi connectivity index (χ3n) is 2.29. The average molecular weight is 252 g/mol. The smallest absolute Gasteiger partial charge is 0.165 e. The molecule has 17 heavy (non-hydrogen) atoms. The number of halogens is 2. The Morgan fingerprint density at radius 3 is 2.65 bits per heavy atom. The zero-order valence-electron chi connectivity index (χ0n) is 8.99. The number of rotatable bonds is 3. The van der Waals surface area contributed by atoms with Gasteiger partial charge in [0.2, 0.25) is 0 Å². The first-order chi connectivity index (χ1) is 8.16. The summed E-state index contributed by atoms with van der Waals surface area (Å²) in [5, 5.41) is 0.500. The van der Waals surface area contributed by atoms with E-state index in [1.807, 2.05) is 0 Å². The quantitative estimate of drug-likeness (QED) is 0.846. The van der Waals surface area contributed by atoms with E-state index in [9.17, 15) is 4.39 Å². The van der Waals surface area contributed by atoms with Crippen molar-refractivity contribution in [3.8, 4) is 5.75 Å². The zero-order chi connectivity index (χ0) is 12.3. The minimum absolute atomic E-state index is 0.223. The molecule has 0 saturated heterocycles. The second-order valence-corrected chi connectivity index (χ2v) is 3.98. The van der Waals surface area contributed by atoms with Gasteiger partial charge in [0.05, 0.1) is 10.7 Å². The second kappa shape index (κ2) is 5.06. The van der Waals surface area contributed by atoms with Gasteiger partial charge < -0.3 is 10.5 Å². The minimum Gasteiger partial charge on any atom is -0.486 e. The minimum atomic E-state index is -0.380. The third kappa shape index (κ3) is 2.88. The van der Waals surface area contributed by atoms with Crippen LogP contribution in [0.15, 0.2) is 42.5 Å². The standard InChI is InChI=1S/C13H11ClFNO/c14-10-6-5-9(7-12(10)16)8-17-13-4-2-1-3-11(13)15/h1-7H,8,16H2. The normalized spacial score (nSPS) is 10.2. The van der Waals surface area contributed by atoms with Crippen LogP contribution < -0.4 is 10.5 Å². The fourth-order valence-electron chi connectivity index (χ4n) is 1.41. The fourth-order valence-corrected chi connectivity index (χ4v) is 1.52. The molecule has 0 amide bonds. The summed E-state index contributed by atoms with van der Waals surface area (Å²) in [6.45, 7) is 0.252. The van der Waals surface area contributed by atoms with Gasteiger partial charge >= 0.3 is 0 Å². The van der Waals surface area contributed by atoms with Crippen molar-refractivity contribution in [1.29, 1.82) is 0 Å². The largest absolute Gasteiger partial charge is 0.486 e. The van der Waals surface area contributed by atoms with Crippen molar-refractivity contribution in [3.63, 3.8) is 0 Å². The Morgan fingerprint density at radius 2 is 1.94 bits per heavy atom. The molecule has 0 radical (unpaired) electrons. The molecule has 0 aliphatic heterocycles. The molecule has 0 spiro atoms. The topological polar surface area (TPSA) is 35.2 Å². The molecule has 2 rings (SSSR count). The predicted octanol–water partition coefficient (Wildman–Crippen LogP) is 3.64. The molecule has 2 aromatic carbocycles. The fraction of sp³-hybridized carbons (Fsp3) is 0.0769. The highest BCUT2D eigenvalue weighted by Crippen LogP contribution is 2.21. The first-order valence-electron chi connectivity index (χ1n) is 5.08. The Kier molecular flexibility index (Phi) is 3.49. The summed E-state index contributed by atoms with van der Waals surface area (Å²) in [7, 11) is 0. The van der Waals surface area contributed by atoms with Crippen LogP contribution in [0.2, 0.25) is 5.02 Å². The average Bonchev–Trinajstić information content (AvgIpc) is 2.32. The molecule has 0 bridgehead atoms. The van der Waals surface area contributed by atoms with Gasteiger partial charge in [-0.1, -0.05) is 29.8 Å². The van der Waals surface area contributed by atoms with Crippen LogP contribution in [0.1, 0.15) is 5.56 Å². The van der Waals surface area contributed by atoms with Crippen LogP contribution in [0.5, 0.6) is 5.75 Å². The molecular weight excluding hydrogens is 241 g/mol. The summed E-state index contributed by atoms with van der Waals surface area (Å²) in [4.78, 5) is 0. The van der Waals surface area contributed by atoms with Gasteiger partial charge in [-0.25, -0.2) is 4.39 Å². The zero-order valence-corrected chi connectivity index (χ0v) is 9.75. The van der Waals surface area contributed by atoms with E-state index >= 15 is 0 Å². The molecule has 2 N–H and O–H groups in total. The number of benzene rings is 2. The summed E-state index contributed by atoms with van der Waals surface area (Å²) in [6.07, 6.45) is 0. The molecule has 0 aliphatic rings. The molecule has 0 atom stereocenters. The number of nitrogens with two attached hydrogens (primary N) is 1. The highest BCUT2D eigenvalue weighted by Gasteiger charge is 2.03. The van der Waals surface area contributed by atoms with Crippen LogP contribution in [-0.4, -0.2) is 0 Å². The summed E-state index contributed by atoms with van der Waals surface area (Å²) in [6, 6.07) is 11.5. The van der Waals surface area contributed by atoms with E-state index in [-0.39, 0.29) is 18.2 Å². The molecule has 2 aromatic rings. The maximum absolute atomic E-state index is 13.3. The first-order valence-corrected chi connectivity index (χ1v) is 5.46. The Bertz CT molecular complexity index is 531. The molecule has 0 aromatic heterocycles. The van der Waals surface area contributed by atoms with Crippen molar-refractivity contribution >= 4 is 17.3 Å². The summed E-state index contributed by atoms with van der Waals surface area (Å²) in [5.74, 6) is -0.157. The highest BCUT2D eigenvalue weighted by atomic mass is 35.5. The van der Waals surface area contributed by atoms with E-state index in [0.29, 0.717) is 10.7 Å². The van der Waals surface area contributed by atoms with Crippen molar-refractivity contribution in [1.82, 2.24) is 0 Å². The monoisotopic (exact) mass is 251 g/mol. The number of hydrogen-bond donors (Lipinski definition) is 1. The van der Waals surface area contributed by atoms with Gasteiger partial charge in [0.1, 0.15) is 6.61 Å². The van der Waals surface area contributed by atoms with Crippen molar-refractivity contribution in [2.24, 2.45) is 0 Å². The van der Waals surface area contributed by atoms with E-state index in [0.717, 1.165) is 5.56 Å². The van der Waals surface area contributed by atoms with Crippen molar-refractivity contribution < 1.29 is 9.13 Å². The Labute approximate surface area is 104 Å². The summed E-state index contributed by atoms with van der Waals surface area (Å²) in [5.41, 5.74) is 6.99. The SMILES string of the molecule is Nc1cc(COc2ccccc2F)ccc1Cl. The van der Waals surface area contributed by atoms with Crippen LogP contribution in [0.25, 0.3) is 0 Å².